The second-order valence-electron chi connectivity index (χ2n) is 8.62. The van der Waals surface area contributed by atoms with Gasteiger partial charge in [0.25, 0.3) is 5.91 Å². The molecule has 0 saturated carbocycles. The quantitative estimate of drug-likeness (QED) is 0.558. The van der Waals surface area contributed by atoms with E-state index >= 15 is 0 Å². The molecule has 2 aliphatic heterocycles. The molecule has 1 saturated heterocycles. The molecular weight excluding hydrogens is 453 g/mol. The first-order valence-electron chi connectivity index (χ1n) is 11.5. The largest absolute Gasteiger partial charge is 0.497 e. The highest BCUT2D eigenvalue weighted by molar-refractivity contribution is 5.93. The maximum Gasteiger partial charge on any atom is 0.276 e. The van der Waals surface area contributed by atoms with Crippen LogP contribution in [0.15, 0.2) is 48.5 Å². The fraction of sp³-hybridized carbons (Fsp3) is 0.360. The maximum atomic E-state index is 13.2. The van der Waals surface area contributed by atoms with E-state index in [0.29, 0.717) is 38.4 Å². The third-order valence-electron chi connectivity index (χ3n) is 6.45. The number of fused-ring (bicyclic) bond motifs is 1. The number of amides is 2. The molecule has 0 aliphatic carbocycles. The van der Waals surface area contributed by atoms with Crippen LogP contribution in [-0.4, -0.2) is 69.9 Å². The number of aromatic nitrogens is 3. The Morgan fingerprint density at radius 3 is 2.57 bits per heavy atom. The molecule has 2 amide bonds. The van der Waals surface area contributed by atoms with Gasteiger partial charge < -0.3 is 19.3 Å². The van der Waals surface area contributed by atoms with E-state index < -0.39 is 0 Å². The first kappa shape index (κ1) is 23.0. The number of benzene rings is 2. The van der Waals surface area contributed by atoms with Crippen molar-refractivity contribution in [3.05, 3.63) is 76.9 Å². The highest BCUT2D eigenvalue weighted by atomic mass is 19.1. The van der Waals surface area contributed by atoms with Crippen LogP contribution in [0.25, 0.3) is 0 Å². The Morgan fingerprint density at radius 2 is 1.83 bits per heavy atom. The van der Waals surface area contributed by atoms with Crippen molar-refractivity contribution < 1.29 is 23.5 Å². The molecule has 10 heteroatoms. The van der Waals surface area contributed by atoms with Crippen molar-refractivity contribution in [2.24, 2.45) is 0 Å². The first-order chi connectivity index (χ1) is 17.0. The van der Waals surface area contributed by atoms with Gasteiger partial charge in [-0.15, -0.1) is 5.10 Å². The number of nitrogens with zero attached hydrogens (tertiary/aromatic N) is 5. The zero-order chi connectivity index (χ0) is 24.4. The summed E-state index contributed by atoms with van der Waals surface area (Å²) in [6.07, 6.45) is 0.00259. The summed E-state index contributed by atoms with van der Waals surface area (Å²) in [4.78, 5) is 29.4. The highest BCUT2D eigenvalue weighted by Gasteiger charge is 2.32. The van der Waals surface area contributed by atoms with Gasteiger partial charge in [0.05, 0.1) is 32.4 Å². The Bertz CT molecular complexity index is 1220. The minimum Gasteiger partial charge on any atom is -0.497 e. The van der Waals surface area contributed by atoms with E-state index in [2.05, 4.69) is 10.3 Å². The van der Waals surface area contributed by atoms with Gasteiger partial charge in [-0.05, 0) is 35.4 Å². The molecule has 5 rings (SSSR count). The van der Waals surface area contributed by atoms with Crippen LogP contribution in [-0.2, 0) is 29.1 Å². The van der Waals surface area contributed by atoms with Gasteiger partial charge in [0.1, 0.15) is 17.7 Å². The Hall–Kier alpha value is -3.79. The number of piperazine rings is 1. The van der Waals surface area contributed by atoms with Crippen molar-refractivity contribution in [1.82, 2.24) is 24.8 Å². The molecule has 1 fully saturated rings. The van der Waals surface area contributed by atoms with Crippen LogP contribution in [0.1, 0.15) is 33.4 Å². The lowest BCUT2D eigenvalue weighted by Crippen LogP contribution is -2.51. The smallest absolute Gasteiger partial charge is 0.276 e. The van der Waals surface area contributed by atoms with E-state index in [-0.39, 0.29) is 42.5 Å². The summed E-state index contributed by atoms with van der Waals surface area (Å²) < 4.78 is 26.1. The summed E-state index contributed by atoms with van der Waals surface area (Å²) in [5, 5.41) is 8.29. The number of hydrogen-bond donors (Lipinski definition) is 0. The monoisotopic (exact) mass is 479 g/mol. The number of carbonyl (C=O) groups excluding carboxylic acids is 2. The molecule has 1 aromatic heterocycles. The van der Waals surface area contributed by atoms with Crippen molar-refractivity contribution in [1.29, 1.82) is 0 Å². The SMILES string of the molecule is COc1cccc(CC(=O)N2CCN(C(=O)c3nnn4c3CO[C@@H](c3ccc(F)cc3)C4)CC2)c1. The van der Waals surface area contributed by atoms with Gasteiger partial charge in [-0.2, -0.15) is 0 Å². The van der Waals surface area contributed by atoms with Crippen LogP contribution in [0.5, 0.6) is 5.75 Å². The average Bonchev–Trinajstić information content (AvgIpc) is 3.32. The average molecular weight is 480 g/mol. The van der Waals surface area contributed by atoms with Crippen LogP contribution in [0, 0.1) is 5.82 Å². The second kappa shape index (κ2) is 9.83. The lowest BCUT2D eigenvalue weighted by molar-refractivity contribution is -0.131. The topological polar surface area (TPSA) is 89.8 Å². The first-order valence-corrected chi connectivity index (χ1v) is 11.5. The van der Waals surface area contributed by atoms with Gasteiger partial charge in [0, 0.05) is 26.2 Å². The Kier molecular flexibility index (Phi) is 6.45. The van der Waals surface area contributed by atoms with Crippen LogP contribution in [0.4, 0.5) is 4.39 Å². The van der Waals surface area contributed by atoms with Crippen molar-refractivity contribution in [3.8, 4) is 5.75 Å². The lowest BCUT2D eigenvalue weighted by Gasteiger charge is -2.34. The molecule has 3 heterocycles. The Morgan fingerprint density at radius 1 is 1.09 bits per heavy atom. The molecule has 0 bridgehead atoms. The van der Waals surface area contributed by atoms with E-state index in [1.807, 2.05) is 24.3 Å². The minimum absolute atomic E-state index is 0.0200. The van der Waals surface area contributed by atoms with Gasteiger partial charge in [0.15, 0.2) is 5.69 Å². The summed E-state index contributed by atoms with van der Waals surface area (Å²) in [5.74, 6) is 0.221. The highest BCUT2D eigenvalue weighted by Crippen LogP contribution is 2.27. The molecule has 0 radical (unpaired) electrons. The predicted octanol–water partition coefficient (Wildman–Crippen LogP) is 2.22. The van der Waals surface area contributed by atoms with Crippen molar-refractivity contribution in [2.45, 2.75) is 25.7 Å². The molecular formula is C25H26FN5O4. The van der Waals surface area contributed by atoms with E-state index in [1.165, 1.54) is 12.1 Å². The number of carbonyl (C=O) groups is 2. The molecule has 182 valence electrons. The number of methoxy groups -OCH3 is 1. The van der Waals surface area contributed by atoms with Gasteiger partial charge in [-0.25, -0.2) is 9.07 Å². The summed E-state index contributed by atoms with van der Waals surface area (Å²) in [5.41, 5.74) is 2.64. The standard InChI is InChI=1S/C25H26FN5O4/c1-34-20-4-2-3-17(13-20)14-23(32)29-9-11-30(12-10-29)25(33)24-21-16-35-22(15-31(21)28-27-24)18-5-7-19(26)8-6-18/h2-8,13,22H,9-12,14-16H2,1H3/t22-/m1/s1. The van der Waals surface area contributed by atoms with Gasteiger partial charge >= 0.3 is 0 Å². The zero-order valence-electron chi connectivity index (χ0n) is 19.4. The van der Waals surface area contributed by atoms with Crippen molar-refractivity contribution in [3.63, 3.8) is 0 Å². The molecule has 35 heavy (non-hydrogen) atoms. The number of halogens is 1. The summed E-state index contributed by atoms with van der Waals surface area (Å²) in [6.45, 7) is 2.35. The van der Waals surface area contributed by atoms with E-state index in [9.17, 15) is 14.0 Å². The predicted molar refractivity (Wildman–Crippen MR) is 123 cm³/mol. The maximum absolute atomic E-state index is 13.2. The van der Waals surface area contributed by atoms with E-state index in [1.54, 1.807) is 33.7 Å². The van der Waals surface area contributed by atoms with Crippen LogP contribution < -0.4 is 4.74 Å². The number of ether oxygens (including phenoxy) is 2. The van der Waals surface area contributed by atoms with E-state index in [0.717, 1.165) is 16.9 Å². The summed E-state index contributed by atoms with van der Waals surface area (Å²) in [6, 6.07) is 13.6. The fourth-order valence-corrected chi connectivity index (χ4v) is 4.43. The number of hydrogen-bond acceptors (Lipinski definition) is 6. The molecule has 2 aliphatic rings. The molecule has 0 N–H and O–H groups in total. The molecule has 0 spiro atoms. The second-order valence-corrected chi connectivity index (χ2v) is 8.62. The normalized spacial score (nSPS) is 17.7. The van der Waals surface area contributed by atoms with Gasteiger partial charge in [-0.1, -0.05) is 29.5 Å². The molecule has 1 atom stereocenters. The molecule has 0 unspecified atom stereocenters. The lowest BCUT2D eigenvalue weighted by atomic mass is 10.1. The third-order valence-corrected chi connectivity index (χ3v) is 6.45. The van der Waals surface area contributed by atoms with Crippen molar-refractivity contribution in [2.75, 3.05) is 33.3 Å². The van der Waals surface area contributed by atoms with Crippen LogP contribution >= 0.6 is 0 Å². The van der Waals surface area contributed by atoms with Crippen LogP contribution in [0.3, 0.4) is 0 Å². The molecule has 2 aromatic carbocycles. The van der Waals surface area contributed by atoms with Crippen molar-refractivity contribution >= 4 is 11.8 Å². The number of rotatable bonds is 5. The summed E-state index contributed by atoms with van der Waals surface area (Å²) in [7, 11) is 1.60. The summed E-state index contributed by atoms with van der Waals surface area (Å²) >= 11 is 0. The third kappa shape index (κ3) is 4.88. The van der Waals surface area contributed by atoms with Gasteiger partial charge in [0.2, 0.25) is 5.91 Å². The Balaban J connectivity index is 1.18. The minimum atomic E-state index is -0.305. The van der Waals surface area contributed by atoms with E-state index in [4.69, 9.17) is 9.47 Å². The molecule has 9 nitrogen and oxygen atoms in total. The van der Waals surface area contributed by atoms with Crippen LogP contribution in [0.2, 0.25) is 0 Å². The zero-order valence-corrected chi connectivity index (χ0v) is 19.4. The Labute approximate surface area is 202 Å². The molecule has 3 aromatic rings. The fourth-order valence-electron chi connectivity index (χ4n) is 4.43. The van der Waals surface area contributed by atoms with Gasteiger partial charge in [-0.3, -0.25) is 9.59 Å².